The maximum absolute atomic E-state index is 12.3. The Labute approximate surface area is 153 Å². The summed E-state index contributed by atoms with van der Waals surface area (Å²) in [5, 5.41) is 6.00. The van der Waals surface area contributed by atoms with Crippen molar-refractivity contribution >= 4 is 23.1 Å². The zero-order valence-corrected chi connectivity index (χ0v) is 15.1. The van der Waals surface area contributed by atoms with E-state index in [0.717, 1.165) is 31.7 Å². The number of anilines is 3. The van der Waals surface area contributed by atoms with Crippen LogP contribution in [0.5, 0.6) is 0 Å². The van der Waals surface area contributed by atoms with Crippen molar-refractivity contribution in [3.05, 3.63) is 42.4 Å². The van der Waals surface area contributed by atoms with Gasteiger partial charge in [0.2, 0.25) is 0 Å². The number of aromatic nitrogens is 2. The molecule has 1 aliphatic heterocycles. The number of rotatable bonds is 8. The number of hydrogen-bond donors (Lipinski definition) is 2. The number of carbonyl (C=O) groups is 1. The van der Waals surface area contributed by atoms with Crippen LogP contribution in [0.4, 0.5) is 17.2 Å². The summed E-state index contributed by atoms with van der Waals surface area (Å²) in [7, 11) is 1.67. The summed E-state index contributed by atoms with van der Waals surface area (Å²) in [5.74, 6) is 0.380. The number of amides is 1. The van der Waals surface area contributed by atoms with E-state index in [1.165, 1.54) is 24.7 Å². The zero-order chi connectivity index (χ0) is 18.2. The van der Waals surface area contributed by atoms with E-state index in [2.05, 4.69) is 25.5 Å². The Kier molecular flexibility index (Phi) is 6.38. The molecule has 1 saturated heterocycles. The lowest BCUT2D eigenvalue weighted by Gasteiger charge is -2.17. The highest BCUT2D eigenvalue weighted by Crippen LogP contribution is 2.22. The fourth-order valence-electron chi connectivity index (χ4n) is 2.90. The summed E-state index contributed by atoms with van der Waals surface area (Å²) >= 11 is 0. The Hall–Kier alpha value is -2.67. The van der Waals surface area contributed by atoms with Crippen LogP contribution in [-0.2, 0) is 4.74 Å². The number of hydrogen-bond acceptors (Lipinski definition) is 6. The standard InChI is InChI=1S/C19H25N5O2/c1-26-12-4-9-20-18-14-21-17(13-22-18)19(25)23-15-5-7-16(8-6-15)24-10-2-3-11-24/h5-8,13-14H,2-4,9-12H2,1H3,(H,20,22)(H,23,25). The quantitative estimate of drug-likeness (QED) is 0.709. The first kappa shape index (κ1) is 18.1. The van der Waals surface area contributed by atoms with Crippen LogP contribution in [-0.4, -0.2) is 49.2 Å². The molecule has 0 unspecified atom stereocenters. The third-order valence-electron chi connectivity index (χ3n) is 4.31. The van der Waals surface area contributed by atoms with Crippen LogP contribution in [0.2, 0.25) is 0 Å². The Morgan fingerprint density at radius 3 is 2.58 bits per heavy atom. The highest BCUT2D eigenvalue weighted by Gasteiger charge is 2.13. The molecule has 26 heavy (non-hydrogen) atoms. The Morgan fingerprint density at radius 2 is 1.92 bits per heavy atom. The van der Waals surface area contributed by atoms with Gasteiger partial charge in [-0.3, -0.25) is 4.79 Å². The van der Waals surface area contributed by atoms with Crippen molar-refractivity contribution in [3.63, 3.8) is 0 Å². The van der Waals surface area contributed by atoms with Crippen LogP contribution in [0, 0.1) is 0 Å². The fraction of sp³-hybridized carbons (Fsp3) is 0.421. The normalized spacial score (nSPS) is 13.7. The van der Waals surface area contributed by atoms with Gasteiger partial charge in [-0.15, -0.1) is 0 Å². The van der Waals surface area contributed by atoms with Crippen LogP contribution in [0.1, 0.15) is 29.8 Å². The fourth-order valence-corrected chi connectivity index (χ4v) is 2.90. The average molecular weight is 355 g/mol. The third-order valence-corrected chi connectivity index (χ3v) is 4.31. The van der Waals surface area contributed by atoms with Crippen LogP contribution in [0.3, 0.4) is 0 Å². The molecule has 2 aromatic rings. The van der Waals surface area contributed by atoms with Crippen molar-refractivity contribution in [3.8, 4) is 0 Å². The number of methoxy groups -OCH3 is 1. The molecule has 0 spiro atoms. The highest BCUT2D eigenvalue weighted by molar-refractivity contribution is 6.02. The van der Waals surface area contributed by atoms with Gasteiger partial charge in [-0.05, 0) is 43.5 Å². The number of benzene rings is 1. The summed E-state index contributed by atoms with van der Waals surface area (Å²) in [4.78, 5) is 23.1. The average Bonchev–Trinajstić information content (AvgIpc) is 3.21. The Balaban J connectivity index is 1.52. The lowest BCUT2D eigenvalue weighted by Crippen LogP contribution is -2.18. The number of carbonyl (C=O) groups excluding carboxylic acids is 1. The van der Waals surface area contributed by atoms with Crippen LogP contribution >= 0.6 is 0 Å². The SMILES string of the molecule is COCCCNc1cnc(C(=O)Nc2ccc(N3CCCC3)cc2)cn1. The van der Waals surface area contributed by atoms with Gasteiger partial charge < -0.3 is 20.3 Å². The predicted molar refractivity (Wildman–Crippen MR) is 103 cm³/mol. The van der Waals surface area contributed by atoms with Crippen molar-refractivity contribution in [1.29, 1.82) is 0 Å². The second-order valence-electron chi connectivity index (χ2n) is 6.26. The molecule has 0 bridgehead atoms. The first-order valence-corrected chi connectivity index (χ1v) is 8.97. The van der Waals surface area contributed by atoms with Gasteiger partial charge in [-0.25, -0.2) is 9.97 Å². The molecule has 3 rings (SSSR count). The smallest absolute Gasteiger partial charge is 0.275 e. The van der Waals surface area contributed by atoms with Gasteiger partial charge in [0.25, 0.3) is 5.91 Å². The number of nitrogens with one attached hydrogen (secondary N) is 2. The second kappa shape index (κ2) is 9.15. The van der Waals surface area contributed by atoms with Crippen molar-refractivity contribution in [2.75, 3.05) is 48.9 Å². The predicted octanol–water partition coefficient (Wildman–Crippen LogP) is 2.78. The molecule has 0 atom stereocenters. The van der Waals surface area contributed by atoms with E-state index >= 15 is 0 Å². The molecule has 7 heteroatoms. The third kappa shape index (κ3) is 4.92. The van der Waals surface area contributed by atoms with Gasteiger partial charge in [0.05, 0.1) is 12.4 Å². The minimum Gasteiger partial charge on any atom is -0.385 e. The highest BCUT2D eigenvalue weighted by atomic mass is 16.5. The Morgan fingerprint density at radius 1 is 1.15 bits per heavy atom. The van der Waals surface area contributed by atoms with E-state index in [1.807, 2.05) is 24.3 Å². The zero-order valence-electron chi connectivity index (χ0n) is 15.1. The lowest BCUT2D eigenvalue weighted by molar-refractivity contribution is 0.102. The summed E-state index contributed by atoms with van der Waals surface area (Å²) in [6.45, 7) is 3.65. The molecule has 1 aliphatic rings. The van der Waals surface area contributed by atoms with Crippen LogP contribution in [0.25, 0.3) is 0 Å². The van der Waals surface area contributed by atoms with Crippen molar-refractivity contribution in [2.24, 2.45) is 0 Å². The second-order valence-corrected chi connectivity index (χ2v) is 6.26. The summed E-state index contributed by atoms with van der Waals surface area (Å²) < 4.78 is 4.99. The largest absolute Gasteiger partial charge is 0.385 e. The molecule has 0 saturated carbocycles. The first-order chi connectivity index (χ1) is 12.8. The molecule has 7 nitrogen and oxygen atoms in total. The van der Waals surface area contributed by atoms with E-state index in [0.29, 0.717) is 12.4 Å². The van der Waals surface area contributed by atoms with Crippen molar-refractivity contribution < 1.29 is 9.53 Å². The summed E-state index contributed by atoms with van der Waals surface area (Å²) in [5.41, 5.74) is 2.24. The van der Waals surface area contributed by atoms with Crippen LogP contribution in [0.15, 0.2) is 36.7 Å². The van der Waals surface area contributed by atoms with E-state index in [4.69, 9.17) is 4.74 Å². The molecular weight excluding hydrogens is 330 g/mol. The van der Waals surface area contributed by atoms with Crippen molar-refractivity contribution in [1.82, 2.24) is 9.97 Å². The maximum Gasteiger partial charge on any atom is 0.275 e. The van der Waals surface area contributed by atoms with Gasteiger partial charge in [-0.2, -0.15) is 0 Å². The number of nitrogens with zero attached hydrogens (tertiary/aromatic N) is 3. The first-order valence-electron chi connectivity index (χ1n) is 8.97. The van der Waals surface area contributed by atoms with E-state index < -0.39 is 0 Å². The lowest BCUT2D eigenvalue weighted by atomic mass is 10.2. The van der Waals surface area contributed by atoms with Gasteiger partial charge in [-0.1, -0.05) is 0 Å². The Bertz CT molecular complexity index is 697. The van der Waals surface area contributed by atoms with Crippen LogP contribution < -0.4 is 15.5 Å². The number of ether oxygens (including phenoxy) is 1. The maximum atomic E-state index is 12.3. The molecule has 2 heterocycles. The minimum absolute atomic E-state index is 0.266. The van der Waals surface area contributed by atoms with Gasteiger partial charge in [0, 0.05) is 44.7 Å². The molecule has 0 aliphatic carbocycles. The van der Waals surface area contributed by atoms with Gasteiger partial charge in [0.15, 0.2) is 0 Å². The molecule has 0 radical (unpaired) electrons. The van der Waals surface area contributed by atoms with E-state index in [-0.39, 0.29) is 11.6 Å². The van der Waals surface area contributed by atoms with Crippen molar-refractivity contribution in [2.45, 2.75) is 19.3 Å². The summed E-state index contributed by atoms with van der Waals surface area (Å²) in [6.07, 6.45) is 6.42. The van der Waals surface area contributed by atoms with E-state index in [9.17, 15) is 4.79 Å². The van der Waals surface area contributed by atoms with Gasteiger partial charge in [0.1, 0.15) is 11.5 Å². The monoisotopic (exact) mass is 355 g/mol. The minimum atomic E-state index is -0.266. The molecule has 1 fully saturated rings. The van der Waals surface area contributed by atoms with E-state index in [1.54, 1.807) is 13.3 Å². The topological polar surface area (TPSA) is 79.4 Å². The molecule has 2 N–H and O–H groups in total. The molecule has 138 valence electrons. The molecule has 1 aromatic carbocycles. The molecule has 1 amide bonds. The van der Waals surface area contributed by atoms with Gasteiger partial charge >= 0.3 is 0 Å². The summed E-state index contributed by atoms with van der Waals surface area (Å²) in [6, 6.07) is 7.93. The molecule has 1 aromatic heterocycles. The molecular formula is C19H25N5O2.